The van der Waals surface area contributed by atoms with Gasteiger partial charge in [-0.1, -0.05) is 0 Å². The zero-order valence-electron chi connectivity index (χ0n) is 5.63. The van der Waals surface area contributed by atoms with E-state index in [1.807, 2.05) is 0 Å². The van der Waals surface area contributed by atoms with E-state index >= 15 is 0 Å². The molecule has 0 bridgehead atoms. The number of hydrogen-bond acceptors (Lipinski definition) is 2. The highest BCUT2D eigenvalue weighted by Crippen LogP contribution is 2.04. The van der Waals surface area contributed by atoms with Gasteiger partial charge >= 0.3 is 0 Å². The fourth-order valence-corrected chi connectivity index (χ4v) is 0.772. The molecular formula is C6H7N3O2. The lowest BCUT2D eigenvalue weighted by molar-refractivity contribution is 0.0968. The van der Waals surface area contributed by atoms with Gasteiger partial charge in [-0.15, -0.1) is 0 Å². The lowest BCUT2D eigenvalue weighted by Crippen LogP contribution is -2.18. The molecule has 0 aliphatic heterocycles. The molecule has 1 aromatic heterocycles. The molecule has 0 aliphatic carbocycles. The molecule has 11 heavy (non-hydrogen) atoms. The molecule has 1 heterocycles. The van der Waals surface area contributed by atoms with E-state index in [9.17, 15) is 9.59 Å². The van der Waals surface area contributed by atoms with Gasteiger partial charge in [0.2, 0.25) is 0 Å². The fraction of sp³-hybridized carbons (Fsp3) is 0. The summed E-state index contributed by atoms with van der Waals surface area (Å²) in [7, 11) is 0. The summed E-state index contributed by atoms with van der Waals surface area (Å²) in [5, 5.41) is 0. The Kier molecular flexibility index (Phi) is 1.63. The van der Waals surface area contributed by atoms with Crippen LogP contribution in [-0.2, 0) is 0 Å². The summed E-state index contributed by atoms with van der Waals surface area (Å²) < 4.78 is 0. The molecule has 0 fully saturated rings. The predicted molar refractivity (Wildman–Crippen MR) is 37.8 cm³/mol. The van der Waals surface area contributed by atoms with Crippen LogP contribution in [0.4, 0.5) is 0 Å². The van der Waals surface area contributed by atoms with Crippen molar-refractivity contribution in [1.29, 1.82) is 0 Å². The number of amides is 2. The number of rotatable bonds is 2. The van der Waals surface area contributed by atoms with Gasteiger partial charge in [0.15, 0.2) is 0 Å². The van der Waals surface area contributed by atoms with Crippen molar-refractivity contribution >= 4 is 11.8 Å². The van der Waals surface area contributed by atoms with Gasteiger partial charge in [0.05, 0.1) is 11.1 Å². The number of hydrogen-bond donors (Lipinski definition) is 3. The molecular weight excluding hydrogens is 146 g/mol. The monoisotopic (exact) mass is 153 g/mol. The van der Waals surface area contributed by atoms with Crippen LogP contribution >= 0.6 is 0 Å². The Morgan fingerprint density at radius 1 is 1.09 bits per heavy atom. The minimum absolute atomic E-state index is 0.123. The Hall–Kier alpha value is -1.78. The Balaban J connectivity index is 3.16. The summed E-state index contributed by atoms with van der Waals surface area (Å²) in [5.74, 6) is -1.33. The average Bonchev–Trinajstić information content (AvgIpc) is 2.32. The molecule has 0 spiro atoms. The van der Waals surface area contributed by atoms with E-state index < -0.39 is 11.8 Å². The molecule has 0 saturated carbocycles. The summed E-state index contributed by atoms with van der Waals surface area (Å²) in [6.45, 7) is 0. The number of carbonyl (C=O) groups is 2. The van der Waals surface area contributed by atoms with Crippen molar-refractivity contribution in [2.24, 2.45) is 11.5 Å². The summed E-state index contributed by atoms with van der Waals surface area (Å²) in [4.78, 5) is 23.7. The number of aromatic nitrogens is 1. The molecule has 5 N–H and O–H groups in total. The number of H-pyrrole nitrogens is 1. The van der Waals surface area contributed by atoms with Crippen LogP contribution in [0.3, 0.4) is 0 Å². The summed E-state index contributed by atoms with van der Waals surface area (Å²) in [6.07, 6.45) is 2.67. The van der Waals surface area contributed by atoms with Crippen LogP contribution in [0.15, 0.2) is 12.4 Å². The second kappa shape index (κ2) is 2.45. The van der Waals surface area contributed by atoms with E-state index in [0.717, 1.165) is 0 Å². The first kappa shape index (κ1) is 7.33. The van der Waals surface area contributed by atoms with E-state index in [1.165, 1.54) is 12.4 Å². The number of carbonyl (C=O) groups excluding carboxylic acids is 2. The molecule has 0 aromatic carbocycles. The predicted octanol–water partition coefficient (Wildman–Crippen LogP) is -0.788. The lowest BCUT2D eigenvalue weighted by atomic mass is 10.2. The third-order valence-electron chi connectivity index (χ3n) is 1.28. The van der Waals surface area contributed by atoms with Gasteiger partial charge in [0, 0.05) is 12.4 Å². The van der Waals surface area contributed by atoms with E-state index in [1.54, 1.807) is 0 Å². The smallest absolute Gasteiger partial charge is 0.251 e. The first-order valence-electron chi connectivity index (χ1n) is 2.89. The minimum Gasteiger partial charge on any atom is -0.366 e. The highest BCUT2D eigenvalue weighted by molar-refractivity contribution is 6.05. The second-order valence-corrected chi connectivity index (χ2v) is 2.01. The molecule has 0 aliphatic rings. The molecule has 0 saturated heterocycles. The zero-order valence-corrected chi connectivity index (χ0v) is 5.63. The molecule has 1 aromatic rings. The Labute approximate surface area is 62.4 Å². The van der Waals surface area contributed by atoms with Crippen LogP contribution in [0, 0.1) is 0 Å². The standard InChI is InChI=1S/C6H7N3O2/c7-5(10)3-1-9-2-4(3)6(8)11/h1-2,9H,(H2,7,10)(H2,8,11). The van der Waals surface area contributed by atoms with Crippen LogP contribution in [0.5, 0.6) is 0 Å². The van der Waals surface area contributed by atoms with E-state index in [4.69, 9.17) is 11.5 Å². The van der Waals surface area contributed by atoms with Gasteiger partial charge in [0.1, 0.15) is 0 Å². The number of nitrogens with one attached hydrogen (secondary N) is 1. The Bertz CT molecular complexity index is 274. The molecule has 0 atom stereocenters. The van der Waals surface area contributed by atoms with Crippen molar-refractivity contribution in [3.63, 3.8) is 0 Å². The van der Waals surface area contributed by atoms with Crippen molar-refractivity contribution < 1.29 is 9.59 Å². The number of primary amides is 2. The van der Waals surface area contributed by atoms with Crippen molar-refractivity contribution in [3.05, 3.63) is 23.5 Å². The summed E-state index contributed by atoms with van der Waals surface area (Å²) in [5.41, 5.74) is 10.1. The van der Waals surface area contributed by atoms with Crippen molar-refractivity contribution in [3.8, 4) is 0 Å². The third kappa shape index (κ3) is 1.21. The molecule has 5 nitrogen and oxygen atoms in total. The molecule has 0 unspecified atom stereocenters. The number of aromatic amines is 1. The molecule has 2 amide bonds. The van der Waals surface area contributed by atoms with Crippen LogP contribution in [0.25, 0.3) is 0 Å². The van der Waals surface area contributed by atoms with Crippen LogP contribution < -0.4 is 11.5 Å². The zero-order chi connectivity index (χ0) is 8.43. The maximum Gasteiger partial charge on any atom is 0.251 e. The highest BCUT2D eigenvalue weighted by atomic mass is 16.2. The van der Waals surface area contributed by atoms with Crippen LogP contribution in [-0.4, -0.2) is 16.8 Å². The Morgan fingerprint density at radius 3 is 1.73 bits per heavy atom. The number of nitrogens with two attached hydrogens (primary N) is 2. The highest BCUT2D eigenvalue weighted by Gasteiger charge is 2.12. The molecule has 5 heteroatoms. The van der Waals surface area contributed by atoms with Crippen molar-refractivity contribution in [2.75, 3.05) is 0 Å². The van der Waals surface area contributed by atoms with Gasteiger partial charge in [0.25, 0.3) is 11.8 Å². The Morgan fingerprint density at radius 2 is 1.45 bits per heavy atom. The molecule has 58 valence electrons. The normalized spacial score (nSPS) is 9.45. The van der Waals surface area contributed by atoms with Gasteiger partial charge in [-0.3, -0.25) is 9.59 Å². The van der Waals surface area contributed by atoms with Gasteiger partial charge in [-0.2, -0.15) is 0 Å². The van der Waals surface area contributed by atoms with Gasteiger partial charge < -0.3 is 16.5 Å². The maximum absolute atomic E-state index is 10.6. The first-order valence-corrected chi connectivity index (χ1v) is 2.89. The SMILES string of the molecule is NC(=O)c1c[nH]cc1C(N)=O. The van der Waals surface area contributed by atoms with E-state index in [2.05, 4.69) is 4.98 Å². The van der Waals surface area contributed by atoms with E-state index in [-0.39, 0.29) is 11.1 Å². The van der Waals surface area contributed by atoms with Crippen molar-refractivity contribution in [1.82, 2.24) is 4.98 Å². The topological polar surface area (TPSA) is 102 Å². The quantitative estimate of drug-likeness (QED) is 0.518. The third-order valence-corrected chi connectivity index (χ3v) is 1.28. The van der Waals surface area contributed by atoms with Crippen molar-refractivity contribution in [2.45, 2.75) is 0 Å². The van der Waals surface area contributed by atoms with E-state index in [0.29, 0.717) is 0 Å². The first-order chi connectivity index (χ1) is 5.13. The minimum atomic E-state index is -0.667. The lowest BCUT2D eigenvalue weighted by Gasteiger charge is -1.91. The van der Waals surface area contributed by atoms with Crippen LogP contribution in [0.1, 0.15) is 20.7 Å². The van der Waals surface area contributed by atoms with Crippen LogP contribution in [0.2, 0.25) is 0 Å². The largest absolute Gasteiger partial charge is 0.366 e. The maximum atomic E-state index is 10.6. The van der Waals surface area contributed by atoms with Gasteiger partial charge in [-0.05, 0) is 0 Å². The summed E-state index contributed by atoms with van der Waals surface area (Å²) in [6, 6.07) is 0. The second-order valence-electron chi connectivity index (χ2n) is 2.01. The molecule has 0 radical (unpaired) electrons. The molecule has 1 rings (SSSR count). The fourth-order valence-electron chi connectivity index (χ4n) is 0.772. The average molecular weight is 153 g/mol. The summed E-state index contributed by atoms with van der Waals surface area (Å²) >= 11 is 0. The van der Waals surface area contributed by atoms with Gasteiger partial charge in [-0.25, -0.2) is 0 Å².